The predicted molar refractivity (Wildman–Crippen MR) is 161 cm³/mol. The fourth-order valence-corrected chi connectivity index (χ4v) is 5.57. The van der Waals surface area contributed by atoms with Crippen LogP contribution in [0.3, 0.4) is 0 Å². The third-order valence-corrected chi connectivity index (χ3v) is 8.11. The SMILES string of the molecule is CC(C)NC(=O)[C@@H](Cc1ccccc1)N(Cc1ccc(Cl)cc1Cl)C(=O)CN(c1ccc(Br)cc1)S(C)(=O)=O. The van der Waals surface area contributed by atoms with Crippen molar-refractivity contribution in [1.29, 1.82) is 0 Å². The number of sulfonamides is 1. The average molecular weight is 655 g/mol. The molecule has 39 heavy (non-hydrogen) atoms. The van der Waals surface area contributed by atoms with Gasteiger partial charge in [0.05, 0.1) is 11.9 Å². The van der Waals surface area contributed by atoms with Gasteiger partial charge in [-0.3, -0.25) is 13.9 Å². The number of halogens is 3. The minimum absolute atomic E-state index is 0.0320. The second-order valence-corrected chi connectivity index (χ2v) is 13.0. The quantitative estimate of drug-likeness (QED) is 0.288. The molecule has 208 valence electrons. The number of carbonyl (C=O) groups is 2. The van der Waals surface area contributed by atoms with Gasteiger partial charge in [-0.2, -0.15) is 0 Å². The Morgan fingerprint density at radius 1 is 0.974 bits per heavy atom. The molecule has 0 bridgehead atoms. The van der Waals surface area contributed by atoms with Crippen LogP contribution in [0.25, 0.3) is 0 Å². The molecule has 3 aromatic carbocycles. The molecule has 0 spiro atoms. The van der Waals surface area contributed by atoms with E-state index in [0.29, 0.717) is 21.3 Å². The van der Waals surface area contributed by atoms with E-state index in [4.69, 9.17) is 23.2 Å². The van der Waals surface area contributed by atoms with Crippen molar-refractivity contribution in [2.24, 2.45) is 0 Å². The summed E-state index contributed by atoms with van der Waals surface area (Å²) in [7, 11) is -3.84. The topological polar surface area (TPSA) is 86.8 Å². The van der Waals surface area contributed by atoms with Crippen LogP contribution in [0.4, 0.5) is 5.69 Å². The minimum atomic E-state index is -3.84. The highest BCUT2D eigenvalue weighted by molar-refractivity contribution is 9.10. The van der Waals surface area contributed by atoms with E-state index in [9.17, 15) is 18.0 Å². The summed E-state index contributed by atoms with van der Waals surface area (Å²) in [5, 5.41) is 3.66. The maximum atomic E-state index is 14.0. The number of nitrogens with one attached hydrogen (secondary N) is 1. The number of nitrogens with zero attached hydrogens (tertiary/aromatic N) is 2. The van der Waals surface area contributed by atoms with Gasteiger partial charge in [-0.05, 0) is 61.4 Å². The van der Waals surface area contributed by atoms with Gasteiger partial charge in [0.2, 0.25) is 21.8 Å². The molecule has 0 heterocycles. The molecule has 1 N–H and O–H groups in total. The van der Waals surface area contributed by atoms with E-state index in [2.05, 4.69) is 21.2 Å². The standard InChI is InChI=1S/C28H30BrCl2N3O4S/c1-19(2)32-28(36)26(15-20-7-5-4-6-8-20)33(17-21-9-12-23(30)16-25(21)31)27(35)18-34(39(3,37)38)24-13-10-22(29)11-14-24/h4-14,16,19,26H,15,17-18H2,1-3H3,(H,32,36)/t26-/m1/s1. The largest absolute Gasteiger partial charge is 0.352 e. The Balaban J connectivity index is 2.07. The van der Waals surface area contributed by atoms with Gasteiger partial charge in [-0.15, -0.1) is 0 Å². The highest BCUT2D eigenvalue weighted by Crippen LogP contribution is 2.26. The van der Waals surface area contributed by atoms with E-state index >= 15 is 0 Å². The molecule has 0 aliphatic rings. The summed E-state index contributed by atoms with van der Waals surface area (Å²) in [6, 6.07) is 19.7. The Hall–Kier alpha value is -2.59. The highest BCUT2D eigenvalue weighted by Gasteiger charge is 2.33. The lowest BCUT2D eigenvalue weighted by atomic mass is 10.0. The van der Waals surface area contributed by atoms with Crippen molar-refractivity contribution in [3.05, 3.63) is 98.4 Å². The van der Waals surface area contributed by atoms with E-state index < -0.39 is 28.5 Å². The number of hydrogen-bond donors (Lipinski definition) is 1. The molecule has 0 aliphatic heterocycles. The molecule has 11 heteroatoms. The zero-order valence-corrected chi connectivity index (χ0v) is 25.7. The molecule has 0 radical (unpaired) electrons. The first-order valence-corrected chi connectivity index (χ1v) is 15.6. The number of anilines is 1. The van der Waals surface area contributed by atoms with Crippen molar-refractivity contribution in [3.8, 4) is 0 Å². The van der Waals surface area contributed by atoms with Crippen molar-refractivity contribution < 1.29 is 18.0 Å². The minimum Gasteiger partial charge on any atom is -0.352 e. The number of hydrogen-bond acceptors (Lipinski definition) is 4. The Morgan fingerprint density at radius 2 is 1.62 bits per heavy atom. The Labute approximate surface area is 248 Å². The maximum absolute atomic E-state index is 14.0. The lowest BCUT2D eigenvalue weighted by molar-refractivity contribution is -0.140. The van der Waals surface area contributed by atoms with Crippen LogP contribution in [0.2, 0.25) is 10.0 Å². The summed E-state index contributed by atoms with van der Waals surface area (Å²) in [4.78, 5) is 28.9. The Morgan fingerprint density at radius 3 is 2.18 bits per heavy atom. The van der Waals surface area contributed by atoms with Gasteiger partial charge in [0.25, 0.3) is 0 Å². The van der Waals surface area contributed by atoms with Crippen molar-refractivity contribution >= 4 is 66.7 Å². The Kier molecular flexibility index (Phi) is 10.8. The average Bonchev–Trinajstić information content (AvgIpc) is 2.86. The first-order valence-electron chi connectivity index (χ1n) is 12.2. The number of carbonyl (C=O) groups excluding carboxylic acids is 2. The zero-order chi connectivity index (χ0) is 28.7. The second-order valence-electron chi connectivity index (χ2n) is 9.37. The van der Waals surface area contributed by atoms with Crippen molar-refractivity contribution in [2.75, 3.05) is 17.1 Å². The molecular weight excluding hydrogens is 625 g/mol. The maximum Gasteiger partial charge on any atom is 0.244 e. The molecule has 2 amide bonds. The first-order chi connectivity index (χ1) is 18.3. The van der Waals surface area contributed by atoms with Crippen LogP contribution in [0.1, 0.15) is 25.0 Å². The molecule has 0 saturated carbocycles. The van der Waals surface area contributed by atoms with Gasteiger partial charge in [-0.1, -0.05) is 75.5 Å². The van der Waals surface area contributed by atoms with E-state index in [-0.39, 0.29) is 24.9 Å². The van der Waals surface area contributed by atoms with Crippen LogP contribution < -0.4 is 9.62 Å². The van der Waals surface area contributed by atoms with Crippen LogP contribution in [0.15, 0.2) is 77.3 Å². The number of rotatable bonds is 11. The molecule has 7 nitrogen and oxygen atoms in total. The Bertz CT molecular complexity index is 1400. The lowest BCUT2D eigenvalue weighted by Crippen LogP contribution is -2.54. The first kappa shape index (κ1) is 30.9. The monoisotopic (exact) mass is 653 g/mol. The third-order valence-electron chi connectivity index (χ3n) is 5.85. The molecule has 3 rings (SSSR count). The zero-order valence-electron chi connectivity index (χ0n) is 21.8. The highest BCUT2D eigenvalue weighted by atomic mass is 79.9. The molecule has 0 aliphatic carbocycles. The van der Waals surface area contributed by atoms with Crippen LogP contribution in [-0.2, 0) is 32.6 Å². The molecule has 1 atom stereocenters. The lowest BCUT2D eigenvalue weighted by Gasteiger charge is -2.34. The predicted octanol–water partition coefficient (Wildman–Crippen LogP) is 5.69. The summed E-state index contributed by atoms with van der Waals surface area (Å²) < 4.78 is 27.4. The fraction of sp³-hybridized carbons (Fsp3) is 0.286. The fourth-order valence-electron chi connectivity index (χ4n) is 3.99. The molecule has 0 unspecified atom stereocenters. The van der Waals surface area contributed by atoms with Crippen LogP contribution >= 0.6 is 39.1 Å². The van der Waals surface area contributed by atoms with E-state index in [1.54, 1.807) is 42.5 Å². The van der Waals surface area contributed by atoms with E-state index in [1.165, 1.54) is 4.90 Å². The van der Waals surface area contributed by atoms with Gasteiger partial charge in [0.15, 0.2) is 0 Å². The van der Waals surface area contributed by atoms with Crippen LogP contribution in [-0.4, -0.2) is 50.0 Å². The molecule has 3 aromatic rings. The summed E-state index contributed by atoms with van der Waals surface area (Å²) >= 11 is 15.9. The van der Waals surface area contributed by atoms with Gasteiger partial charge in [0, 0.05) is 33.5 Å². The van der Waals surface area contributed by atoms with Crippen molar-refractivity contribution in [1.82, 2.24) is 10.2 Å². The third kappa shape index (κ3) is 8.96. The van der Waals surface area contributed by atoms with Crippen LogP contribution in [0, 0.1) is 0 Å². The summed E-state index contributed by atoms with van der Waals surface area (Å²) in [5.41, 5.74) is 1.73. The molecular formula is C28H30BrCl2N3O4S. The number of benzene rings is 3. The van der Waals surface area contributed by atoms with Gasteiger partial charge >= 0.3 is 0 Å². The van der Waals surface area contributed by atoms with Gasteiger partial charge < -0.3 is 10.2 Å². The normalized spacial score (nSPS) is 12.2. The van der Waals surface area contributed by atoms with Gasteiger partial charge in [-0.25, -0.2) is 8.42 Å². The van der Waals surface area contributed by atoms with Crippen molar-refractivity contribution in [3.63, 3.8) is 0 Å². The molecule has 0 saturated heterocycles. The van der Waals surface area contributed by atoms with E-state index in [1.807, 2.05) is 44.2 Å². The smallest absolute Gasteiger partial charge is 0.244 e. The van der Waals surface area contributed by atoms with E-state index in [0.717, 1.165) is 20.6 Å². The van der Waals surface area contributed by atoms with Crippen molar-refractivity contribution in [2.45, 2.75) is 38.9 Å². The number of amides is 2. The summed E-state index contributed by atoms with van der Waals surface area (Å²) in [6.07, 6.45) is 1.25. The second kappa shape index (κ2) is 13.7. The molecule has 0 fully saturated rings. The summed E-state index contributed by atoms with van der Waals surface area (Å²) in [5.74, 6) is -0.920. The van der Waals surface area contributed by atoms with Gasteiger partial charge in [0.1, 0.15) is 12.6 Å². The summed E-state index contributed by atoms with van der Waals surface area (Å²) in [6.45, 7) is 3.12. The van der Waals surface area contributed by atoms with Crippen LogP contribution in [0.5, 0.6) is 0 Å². The molecule has 0 aromatic heterocycles.